The summed E-state index contributed by atoms with van der Waals surface area (Å²) in [6.45, 7) is 0.951. The summed E-state index contributed by atoms with van der Waals surface area (Å²) < 4.78 is 11.9. The third kappa shape index (κ3) is 2.50. The Morgan fingerprint density at radius 3 is 2.23 bits per heavy atom. The van der Waals surface area contributed by atoms with Crippen molar-refractivity contribution < 1.29 is 29.3 Å². The van der Waals surface area contributed by atoms with Crippen molar-refractivity contribution in [2.24, 2.45) is 4.99 Å². The smallest absolute Gasteiger partial charge is 0.339 e. The molecule has 0 unspecified atom stereocenters. The number of aromatic hydroxyl groups is 2. The Balaban J connectivity index is 1.21. The number of aliphatic imine (C=N–C) groups is 1. The third-order valence-electron chi connectivity index (χ3n) is 6.90. The van der Waals surface area contributed by atoms with E-state index in [0.717, 1.165) is 11.1 Å². The van der Waals surface area contributed by atoms with Crippen molar-refractivity contribution in [2.45, 2.75) is 36.9 Å². The van der Waals surface area contributed by atoms with Gasteiger partial charge >= 0.3 is 5.97 Å². The Kier molecular flexibility index (Phi) is 3.53. The second-order valence-corrected chi connectivity index (χ2v) is 8.68. The number of piperidine rings is 1. The van der Waals surface area contributed by atoms with Gasteiger partial charge in [-0.2, -0.15) is 4.99 Å². The molecule has 0 atom stereocenters. The first-order valence-electron chi connectivity index (χ1n) is 10.3. The number of phenols is 2. The molecule has 8 heteroatoms. The molecule has 2 spiro atoms. The second kappa shape index (κ2) is 6.00. The summed E-state index contributed by atoms with van der Waals surface area (Å²) in [5, 5.41) is 19.7. The number of phenolic OH excluding ortho intramolecular Hbond substituents is 2. The van der Waals surface area contributed by atoms with E-state index in [1.807, 2.05) is 29.2 Å². The number of carbonyl (C=O) groups is 2. The molecule has 0 saturated carbocycles. The maximum atomic E-state index is 12.8. The van der Waals surface area contributed by atoms with Gasteiger partial charge in [-0.05, 0) is 23.3 Å². The van der Waals surface area contributed by atoms with E-state index in [0.29, 0.717) is 50.4 Å². The minimum atomic E-state index is -0.954. The number of ether oxygens (including phenoxy) is 2. The van der Waals surface area contributed by atoms with Crippen LogP contribution >= 0.6 is 0 Å². The van der Waals surface area contributed by atoms with Crippen LogP contribution in [0.2, 0.25) is 0 Å². The molecule has 3 heterocycles. The Hall–Kier alpha value is -3.55. The van der Waals surface area contributed by atoms with Gasteiger partial charge in [0.25, 0.3) is 11.9 Å². The Morgan fingerprint density at radius 1 is 0.903 bits per heavy atom. The van der Waals surface area contributed by atoms with E-state index < -0.39 is 17.2 Å². The third-order valence-corrected chi connectivity index (χ3v) is 6.90. The number of amides is 1. The van der Waals surface area contributed by atoms with Crippen molar-refractivity contribution in [1.29, 1.82) is 0 Å². The van der Waals surface area contributed by atoms with Crippen molar-refractivity contribution in [1.82, 2.24) is 4.90 Å². The summed E-state index contributed by atoms with van der Waals surface area (Å²) in [6.07, 6.45) is 1.95. The van der Waals surface area contributed by atoms with Gasteiger partial charge in [0.05, 0.1) is 5.56 Å². The SMILES string of the molecule is O=C1OC2(CCN(C3=NC(=O)C4(Cc5ccccc5C4)O3)CC2)c2cc(O)c(O)cc21. The normalized spacial score (nSPS) is 22.3. The number of rotatable bonds is 0. The van der Waals surface area contributed by atoms with E-state index >= 15 is 0 Å². The van der Waals surface area contributed by atoms with Crippen LogP contribution in [0.4, 0.5) is 0 Å². The molecule has 8 nitrogen and oxygen atoms in total. The fraction of sp³-hybridized carbons (Fsp3) is 0.348. The second-order valence-electron chi connectivity index (χ2n) is 8.68. The Morgan fingerprint density at radius 2 is 1.55 bits per heavy atom. The number of amidine groups is 1. The van der Waals surface area contributed by atoms with E-state index in [1.54, 1.807) is 0 Å². The lowest BCUT2D eigenvalue weighted by Crippen LogP contribution is -2.47. The lowest BCUT2D eigenvalue weighted by molar-refractivity contribution is -0.130. The summed E-state index contributed by atoms with van der Waals surface area (Å²) in [5.74, 6) is -1.39. The Bertz CT molecular complexity index is 1150. The zero-order chi connectivity index (χ0) is 21.4. The first-order valence-corrected chi connectivity index (χ1v) is 10.3. The molecular weight excluding hydrogens is 400 g/mol. The van der Waals surface area contributed by atoms with E-state index in [9.17, 15) is 19.8 Å². The molecule has 0 radical (unpaired) electrons. The zero-order valence-corrected chi connectivity index (χ0v) is 16.6. The Labute approximate surface area is 177 Å². The minimum Gasteiger partial charge on any atom is -0.504 e. The van der Waals surface area contributed by atoms with Gasteiger partial charge in [-0.1, -0.05) is 24.3 Å². The molecule has 1 fully saturated rings. The van der Waals surface area contributed by atoms with Crippen LogP contribution < -0.4 is 0 Å². The first kappa shape index (κ1) is 18.2. The topological polar surface area (TPSA) is 109 Å². The van der Waals surface area contributed by atoms with Crippen molar-refractivity contribution in [3.63, 3.8) is 0 Å². The number of hydrogen-bond acceptors (Lipinski definition) is 7. The highest BCUT2D eigenvalue weighted by atomic mass is 16.6. The van der Waals surface area contributed by atoms with Crippen molar-refractivity contribution in [3.05, 3.63) is 58.7 Å². The summed E-state index contributed by atoms with van der Waals surface area (Å²) in [4.78, 5) is 31.3. The lowest BCUT2D eigenvalue weighted by Gasteiger charge is -2.39. The quantitative estimate of drug-likeness (QED) is 0.496. The fourth-order valence-electron chi connectivity index (χ4n) is 5.21. The van der Waals surface area contributed by atoms with Gasteiger partial charge < -0.3 is 24.6 Å². The van der Waals surface area contributed by atoms with E-state index in [4.69, 9.17) is 9.47 Å². The molecule has 2 aromatic rings. The molecule has 158 valence electrons. The molecule has 0 bridgehead atoms. The van der Waals surface area contributed by atoms with E-state index in [2.05, 4.69) is 4.99 Å². The maximum absolute atomic E-state index is 12.8. The summed E-state index contributed by atoms with van der Waals surface area (Å²) in [6, 6.07) is 10.9. The summed E-state index contributed by atoms with van der Waals surface area (Å²) in [5.41, 5.74) is 1.27. The van der Waals surface area contributed by atoms with E-state index in [1.165, 1.54) is 12.1 Å². The van der Waals surface area contributed by atoms with Gasteiger partial charge in [0.1, 0.15) is 5.60 Å². The maximum Gasteiger partial charge on any atom is 0.339 e. The fourth-order valence-corrected chi connectivity index (χ4v) is 5.21. The first-order chi connectivity index (χ1) is 14.9. The molecule has 3 aliphatic heterocycles. The predicted octanol–water partition coefficient (Wildman–Crippen LogP) is 2.01. The monoisotopic (exact) mass is 420 g/mol. The molecule has 31 heavy (non-hydrogen) atoms. The number of carbonyl (C=O) groups excluding carboxylic acids is 2. The van der Waals surface area contributed by atoms with Gasteiger partial charge in [-0.25, -0.2) is 4.79 Å². The van der Waals surface area contributed by atoms with Crippen LogP contribution in [0.15, 0.2) is 41.4 Å². The molecule has 1 aliphatic carbocycles. The van der Waals surface area contributed by atoms with Crippen LogP contribution in [-0.4, -0.2) is 51.7 Å². The molecular formula is C23H20N2O6. The lowest BCUT2D eigenvalue weighted by atomic mass is 9.83. The molecule has 4 aliphatic rings. The van der Waals surface area contributed by atoms with Gasteiger partial charge in [-0.15, -0.1) is 0 Å². The highest BCUT2D eigenvalue weighted by Crippen LogP contribution is 2.47. The molecule has 1 amide bonds. The van der Waals surface area contributed by atoms with Crippen LogP contribution in [-0.2, 0) is 32.7 Å². The average Bonchev–Trinajstić information content (AvgIpc) is 3.36. The standard InChI is InChI=1S/C23H20N2O6/c26-17-9-15-16(10-18(17)27)22(30-19(15)28)5-7-25(8-6-22)21-24-20(29)23(31-21)11-13-3-1-2-4-14(13)12-23/h1-4,9-10,26-27H,5-8,11-12H2. The number of fused-ring (bicyclic) bond motifs is 3. The highest BCUT2D eigenvalue weighted by Gasteiger charge is 2.53. The van der Waals surface area contributed by atoms with Crippen molar-refractivity contribution in [2.75, 3.05) is 13.1 Å². The number of nitrogens with zero attached hydrogens (tertiary/aromatic N) is 2. The average molecular weight is 420 g/mol. The molecule has 6 rings (SSSR count). The van der Waals surface area contributed by atoms with Crippen molar-refractivity contribution >= 4 is 17.9 Å². The van der Waals surface area contributed by atoms with Gasteiger partial charge in [-0.3, -0.25) is 4.79 Å². The molecule has 1 saturated heterocycles. The van der Waals surface area contributed by atoms with Gasteiger partial charge in [0.2, 0.25) is 5.60 Å². The van der Waals surface area contributed by atoms with Gasteiger partial charge in [0.15, 0.2) is 11.5 Å². The van der Waals surface area contributed by atoms with Crippen LogP contribution in [0.3, 0.4) is 0 Å². The number of benzene rings is 2. The van der Waals surface area contributed by atoms with Crippen LogP contribution in [0.1, 0.15) is 39.9 Å². The molecule has 0 aromatic heterocycles. The van der Waals surface area contributed by atoms with Crippen LogP contribution in [0, 0.1) is 0 Å². The molecule has 2 N–H and O–H groups in total. The van der Waals surface area contributed by atoms with Crippen LogP contribution in [0.5, 0.6) is 11.5 Å². The van der Waals surface area contributed by atoms with Gasteiger partial charge in [0, 0.05) is 44.3 Å². The van der Waals surface area contributed by atoms with Crippen molar-refractivity contribution in [3.8, 4) is 11.5 Å². The number of likely N-dealkylation sites (tertiary alicyclic amines) is 1. The number of hydrogen-bond donors (Lipinski definition) is 2. The minimum absolute atomic E-state index is 0.253. The summed E-state index contributed by atoms with van der Waals surface area (Å²) in [7, 11) is 0. The van der Waals surface area contributed by atoms with E-state index in [-0.39, 0.29) is 23.0 Å². The summed E-state index contributed by atoms with van der Waals surface area (Å²) >= 11 is 0. The van der Waals surface area contributed by atoms with Crippen LogP contribution in [0.25, 0.3) is 0 Å². The zero-order valence-electron chi connectivity index (χ0n) is 16.6. The largest absolute Gasteiger partial charge is 0.504 e. The highest BCUT2D eigenvalue weighted by molar-refractivity contribution is 6.02. The number of esters is 1. The predicted molar refractivity (Wildman–Crippen MR) is 108 cm³/mol. The molecule has 2 aromatic carbocycles.